The standard InChI is InChI=1S/C18H15Cl2N3O/c1-12-5-7-13(8-6-12)18(24)22-16-9-10-21-23(16)11-14-3-2-4-15(19)17(14)20/h2-10H,11H2,1H3,(H,22,24). The zero-order valence-corrected chi connectivity index (χ0v) is 14.5. The van der Waals surface area contributed by atoms with E-state index in [1.54, 1.807) is 35.1 Å². The van der Waals surface area contributed by atoms with Gasteiger partial charge in [-0.15, -0.1) is 0 Å². The van der Waals surface area contributed by atoms with Crippen molar-refractivity contribution in [3.05, 3.63) is 81.5 Å². The predicted molar refractivity (Wildman–Crippen MR) is 96.9 cm³/mol. The van der Waals surface area contributed by atoms with Gasteiger partial charge in [0, 0.05) is 11.6 Å². The molecule has 1 amide bonds. The number of aryl methyl sites for hydroxylation is 1. The molecule has 2 aromatic carbocycles. The molecular weight excluding hydrogens is 345 g/mol. The lowest BCUT2D eigenvalue weighted by Gasteiger charge is -2.11. The minimum Gasteiger partial charge on any atom is -0.307 e. The third-order valence-corrected chi connectivity index (χ3v) is 4.48. The highest BCUT2D eigenvalue weighted by atomic mass is 35.5. The van der Waals surface area contributed by atoms with E-state index in [4.69, 9.17) is 23.2 Å². The number of carbonyl (C=O) groups is 1. The lowest BCUT2D eigenvalue weighted by molar-refractivity contribution is 0.102. The lowest BCUT2D eigenvalue weighted by atomic mass is 10.1. The smallest absolute Gasteiger partial charge is 0.256 e. The van der Waals surface area contributed by atoms with E-state index in [1.165, 1.54) is 0 Å². The molecule has 4 nitrogen and oxygen atoms in total. The third kappa shape index (κ3) is 3.61. The second kappa shape index (κ2) is 7.07. The summed E-state index contributed by atoms with van der Waals surface area (Å²) in [5.41, 5.74) is 2.53. The molecule has 24 heavy (non-hydrogen) atoms. The van der Waals surface area contributed by atoms with E-state index in [2.05, 4.69) is 10.4 Å². The number of anilines is 1. The second-order valence-corrected chi connectivity index (χ2v) is 6.19. The monoisotopic (exact) mass is 359 g/mol. The van der Waals surface area contributed by atoms with Crippen molar-refractivity contribution < 1.29 is 4.79 Å². The minimum atomic E-state index is -0.186. The summed E-state index contributed by atoms with van der Waals surface area (Å²) in [7, 11) is 0. The molecule has 1 aromatic heterocycles. The molecule has 0 radical (unpaired) electrons. The predicted octanol–water partition coefficient (Wildman–Crippen LogP) is 4.80. The molecule has 6 heteroatoms. The van der Waals surface area contributed by atoms with E-state index in [9.17, 15) is 4.79 Å². The Hall–Kier alpha value is -2.30. The topological polar surface area (TPSA) is 46.9 Å². The number of nitrogens with one attached hydrogen (secondary N) is 1. The van der Waals surface area contributed by atoms with Crippen LogP contribution < -0.4 is 5.32 Å². The number of aromatic nitrogens is 2. The van der Waals surface area contributed by atoms with Gasteiger partial charge in [0.25, 0.3) is 5.91 Å². The highest BCUT2D eigenvalue weighted by Crippen LogP contribution is 2.26. The number of hydrogen-bond acceptors (Lipinski definition) is 2. The van der Waals surface area contributed by atoms with Gasteiger partial charge in [-0.25, -0.2) is 4.68 Å². The molecule has 0 atom stereocenters. The van der Waals surface area contributed by atoms with Crippen molar-refractivity contribution in [1.29, 1.82) is 0 Å². The molecule has 0 fully saturated rings. The van der Waals surface area contributed by atoms with E-state index >= 15 is 0 Å². The van der Waals surface area contributed by atoms with Crippen LogP contribution in [-0.2, 0) is 6.54 Å². The first-order valence-corrected chi connectivity index (χ1v) is 8.13. The SMILES string of the molecule is Cc1ccc(C(=O)Nc2ccnn2Cc2cccc(Cl)c2Cl)cc1. The summed E-state index contributed by atoms with van der Waals surface area (Å²) in [4.78, 5) is 12.3. The summed E-state index contributed by atoms with van der Waals surface area (Å²) in [6, 6.07) is 14.6. The van der Waals surface area contributed by atoms with Crippen molar-refractivity contribution in [1.82, 2.24) is 9.78 Å². The van der Waals surface area contributed by atoms with Gasteiger partial charge in [-0.1, -0.05) is 53.0 Å². The van der Waals surface area contributed by atoms with Crippen LogP contribution in [0.1, 0.15) is 21.5 Å². The average molecular weight is 360 g/mol. The van der Waals surface area contributed by atoms with Crippen LogP contribution in [0.5, 0.6) is 0 Å². The van der Waals surface area contributed by atoms with E-state index in [0.29, 0.717) is 28.0 Å². The van der Waals surface area contributed by atoms with Crippen LogP contribution in [0.4, 0.5) is 5.82 Å². The summed E-state index contributed by atoms with van der Waals surface area (Å²) in [6.45, 7) is 2.39. The second-order valence-electron chi connectivity index (χ2n) is 5.41. The summed E-state index contributed by atoms with van der Waals surface area (Å²) in [5.74, 6) is 0.408. The molecular formula is C18H15Cl2N3O. The number of benzene rings is 2. The highest BCUT2D eigenvalue weighted by Gasteiger charge is 2.11. The first-order chi connectivity index (χ1) is 11.5. The Morgan fingerprint density at radius 2 is 1.88 bits per heavy atom. The number of halogens is 2. The molecule has 0 aliphatic heterocycles. The fourth-order valence-electron chi connectivity index (χ4n) is 2.29. The largest absolute Gasteiger partial charge is 0.307 e. The van der Waals surface area contributed by atoms with Crippen LogP contribution in [0.2, 0.25) is 10.0 Å². The lowest BCUT2D eigenvalue weighted by Crippen LogP contribution is -2.16. The Labute approximate surface area is 150 Å². The zero-order chi connectivity index (χ0) is 17.1. The van der Waals surface area contributed by atoms with Crippen LogP contribution in [0.3, 0.4) is 0 Å². The molecule has 0 unspecified atom stereocenters. The van der Waals surface area contributed by atoms with Crippen molar-refractivity contribution in [2.24, 2.45) is 0 Å². The molecule has 0 spiro atoms. The zero-order valence-electron chi connectivity index (χ0n) is 13.0. The molecule has 1 N–H and O–H groups in total. The van der Waals surface area contributed by atoms with Crippen molar-refractivity contribution in [3.8, 4) is 0 Å². The van der Waals surface area contributed by atoms with Gasteiger partial charge in [0.15, 0.2) is 0 Å². The first-order valence-electron chi connectivity index (χ1n) is 7.37. The fourth-order valence-corrected chi connectivity index (χ4v) is 2.67. The van der Waals surface area contributed by atoms with Crippen LogP contribution >= 0.6 is 23.2 Å². The van der Waals surface area contributed by atoms with E-state index in [0.717, 1.165) is 11.1 Å². The van der Waals surface area contributed by atoms with Crippen molar-refractivity contribution in [2.45, 2.75) is 13.5 Å². The molecule has 0 aliphatic rings. The van der Waals surface area contributed by atoms with Crippen molar-refractivity contribution in [3.63, 3.8) is 0 Å². The average Bonchev–Trinajstić information content (AvgIpc) is 2.99. The van der Waals surface area contributed by atoms with Crippen LogP contribution in [0.25, 0.3) is 0 Å². The molecule has 0 saturated carbocycles. The molecule has 0 saturated heterocycles. The number of nitrogens with zero attached hydrogens (tertiary/aromatic N) is 2. The Balaban J connectivity index is 1.79. The number of amides is 1. The van der Waals surface area contributed by atoms with Gasteiger partial charge in [0.2, 0.25) is 0 Å². The maximum absolute atomic E-state index is 12.3. The minimum absolute atomic E-state index is 0.186. The van der Waals surface area contributed by atoms with E-state index in [1.807, 2.05) is 31.2 Å². The molecule has 1 heterocycles. The Morgan fingerprint density at radius 1 is 1.12 bits per heavy atom. The maximum Gasteiger partial charge on any atom is 0.256 e. The molecule has 3 aromatic rings. The highest BCUT2D eigenvalue weighted by molar-refractivity contribution is 6.42. The summed E-state index contributed by atoms with van der Waals surface area (Å²) >= 11 is 12.3. The van der Waals surface area contributed by atoms with Crippen molar-refractivity contribution >= 4 is 34.9 Å². The Kier molecular flexibility index (Phi) is 4.88. The van der Waals surface area contributed by atoms with E-state index < -0.39 is 0 Å². The van der Waals surface area contributed by atoms with Crippen LogP contribution in [0.15, 0.2) is 54.7 Å². The fraction of sp³-hybridized carbons (Fsp3) is 0.111. The van der Waals surface area contributed by atoms with Crippen LogP contribution in [0, 0.1) is 6.92 Å². The van der Waals surface area contributed by atoms with Gasteiger partial charge in [0.05, 0.1) is 22.8 Å². The molecule has 0 aliphatic carbocycles. The van der Waals surface area contributed by atoms with Gasteiger partial charge in [-0.2, -0.15) is 5.10 Å². The third-order valence-electron chi connectivity index (χ3n) is 3.62. The summed E-state index contributed by atoms with van der Waals surface area (Å²) < 4.78 is 1.67. The Morgan fingerprint density at radius 3 is 2.62 bits per heavy atom. The number of rotatable bonds is 4. The summed E-state index contributed by atoms with van der Waals surface area (Å²) in [5, 5.41) is 8.09. The number of hydrogen-bond donors (Lipinski definition) is 1. The van der Waals surface area contributed by atoms with Gasteiger partial charge in [0.1, 0.15) is 5.82 Å². The molecule has 3 rings (SSSR count). The summed E-state index contributed by atoms with van der Waals surface area (Å²) in [6.07, 6.45) is 1.63. The van der Waals surface area contributed by atoms with Gasteiger partial charge in [-0.3, -0.25) is 4.79 Å². The van der Waals surface area contributed by atoms with E-state index in [-0.39, 0.29) is 5.91 Å². The first kappa shape index (κ1) is 16.6. The van der Waals surface area contributed by atoms with Gasteiger partial charge >= 0.3 is 0 Å². The molecule has 0 bridgehead atoms. The number of carbonyl (C=O) groups excluding carboxylic acids is 1. The molecule has 122 valence electrons. The Bertz CT molecular complexity index is 872. The maximum atomic E-state index is 12.3. The van der Waals surface area contributed by atoms with Gasteiger partial charge in [-0.05, 0) is 30.7 Å². The van der Waals surface area contributed by atoms with Gasteiger partial charge < -0.3 is 5.32 Å². The quantitative estimate of drug-likeness (QED) is 0.727. The van der Waals surface area contributed by atoms with Crippen LogP contribution in [-0.4, -0.2) is 15.7 Å². The van der Waals surface area contributed by atoms with Crippen molar-refractivity contribution in [2.75, 3.05) is 5.32 Å². The normalized spacial score (nSPS) is 10.6.